The van der Waals surface area contributed by atoms with Gasteiger partial charge in [-0.15, -0.1) is 0 Å². The second-order valence-electron chi connectivity index (χ2n) is 5.92. The normalized spacial score (nSPS) is 15.5. The fourth-order valence-corrected chi connectivity index (χ4v) is 3.40. The smallest absolute Gasteiger partial charge is 0.180 e. The molecule has 0 N–H and O–H groups in total. The van der Waals surface area contributed by atoms with Crippen LogP contribution in [0.15, 0.2) is 42.5 Å². The zero-order valence-corrected chi connectivity index (χ0v) is 14.0. The molecule has 4 heteroatoms. The topological polar surface area (TPSA) is 54.1 Å². The quantitative estimate of drug-likeness (QED) is 0.805. The second kappa shape index (κ2) is 6.64. The van der Waals surface area contributed by atoms with Crippen LogP contribution in [0.5, 0.6) is 0 Å². The molecule has 0 saturated heterocycles. The lowest BCUT2D eigenvalue weighted by molar-refractivity contribution is 0.362. The molecule has 1 aliphatic rings. The summed E-state index contributed by atoms with van der Waals surface area (Å²) in [6.07, 6.45) is 2.32. The minimum atomic E-state index is -0.0757. The molecule has 0 fully saturated rings. The van der Waals surface area contributed by atoms with E-state index in [2.05, 4.69) is 49.2 Å². The summed E-state index contributed by atoms with van der Waals surface area (Å²) in [5, 5.41) is 18.5. The highest BCUT2D eigenvalue weighted by Crippen LogP contribution is 2.39. The number of benzene rings is 2. The number of rotatable bonds is 4. The highest BCUT2D eigenvalue weighted by Gasteiger charge is 2.31. The third kappa shape index (κ3) is 2.68. The fraction of sp³-hybridized carbons (Fsp3) is 0.300. The number of hydrogen-bond acceptors (Lipinski definition) is 4. The van der Waals surface area contributed by atoms with Crippen LogP contribution in [0.3, 0.4) is 0 Å². The van der Waals surface area contributed by atoms with Crippen LogP contribution in [0.1, 0.15) is 42.1 Å². The molecule has 24 heavy (non-hydrogen) atoms. The first-order chi connectivity index (χ1) is 11.7. The van der Waals surface area contributed by atoms with Gasteiger partial charge in [-0.2, -0.15) is 10.5 Å². The summed E-state index contributed by atoms with van der Waals surface area (Å²) in [5.74, 6) is 0. The molecule has 0 amide bonds. The van der Waals surface area contributed by atoms with Gasteiger partial charge in [0, 0.05) is 18.8 Å². The molecule has 0 saturated carbocycles. The lowest BCUT2D eigenvalue weighted by Gasteiger charge is -2.23. The summed E-state index contributed by atoms with van der Waals surface area (Å²) in [4.78, 5) is 4.11. The molecule has 1 aliphatic heterocycles. The molecule has 3 rings (SSSR count). The Morgan fingerprint density at radius 2 is 1.79 bits per heavy atom. The van der Waals surface area contributed by atoms with E-state index in [-0.39, 0.29) is 6.04 Å². The van der Waals surface area contributed by atoms with E-state index < -0.39 is 0 Å². The molecule has 0 bridgehead atoms. The number of fused-ring (bicyclic) bond motifs is 1. The summed E-state index contributed by atoms with van der Waals surface area (Å²) < 4.78 is 0. The van der Waals surface area contributed by atoms with Crippen LogP contribution in [-0.4, -0.2) is 18.0 Å². The molecule has 4 nitrogen and oxygen atoms in total. The average Bonchev–Trinajstić information content (AvgIpc) is 3.01. The first-order valence-electron chi connectivity index (χ1n) is 8.26. The van der Waals surface area contributed by atoms with Gasteiger partial charge in [-0.05, 0) is 54.8 Å². The van der Waals surface area contributed by atoms with Gasteiger partial charge in [0.25, 0.3) is 0 Å². The van der Waals surface area contributed by atoms with E-state index in [0.29, 0.717) is 12.1 Å². The van der Waals surface area contributed by atoms with Gasteiger partial charge in [0.2, 0.25) is 0 Å². The van der Waals surface area contributed by atoms with E-state index in [1.807, 2.05) is 24.3 Å². The maximum atomic E-state index is 9.55. The SMILES string of the molecule is CCN(CC)c1ccc2c(c1)C(c1ccc(C#N)cc1)N(C#N)C2. The third-order valence-corrected chi connectivity index (χ3v) is 4.69. The number of nitrogens with zero attached hydrogens (tertiary/aromatic N) is 4. The Bertz CT molecular complexity index is 807. The van der Waals surface area contributed by atoms with E-state index in [1.54, 1.807) is 4.90 Å². The molecule has 0 aliphatic carbocycles. The molecule has 120 valence electrons. The Labute approximate surface area is 143 Å². The first kappa shape index (κ1) is 15.9. The van der Waals surface area contributed by atoms with Crippen molar-refractivity contribution in [3.8, 4) is 12.3 Å². The van der Waals surface area contributed by atoms with Crippen molar-refractivity contribution in [3.63, 3.8) is 0 Å². The summed E-state index contributed by atoms with van der Waals surface area (Å²) in [5.41, 5.74) is 5.26. The highest BCUT2D eigenvalue weighted by molar-refractivity contribution is 5.55. The van der Waals surface area contributed by atoms with Crippen molar-refractivity contribution >= 4 is 5.69 Å². The molecular weight excluding hydrogens is 296 g/mol. The first-order valence-corrected chi connectivity index (χ1v) is 8.26. The van der Waals surface area contributed by atoms with E-state index >= 15 is 0 Å². The lowest BCUT2D eigenvalue weighted by Crippen LogP contribution is -2.22. The van der Waals surface area contributed by atoms with Crippen LogP contribution in [0, 0.1) is 22.8 Å². The largest absolute Gasteiger partial charge is 0.372 e. The molecule has 1 heterocycles. The molecule has 1 unspecified atom stereocenters. The van der Waals surface area contributed by atoms with Gasteiger partial charge in [-0.1, -0.05) is 18.2 Å². The Hall–Kier alpha value is -2.98. The van der Waals surface area contributed by atoms with Gasteiger partial charge >= 0.3 is 0 Å². The van der Waals surface area contributed by atoms with Gasteiger partial charge in [0.05, 0.1) is 24.2 Å². The van der Waals surface area contributed by atoms with Crippen LogP contribution in [0.25, 0.3) is 0 Å². The van der Waals surface area contributed by atoms with Crippen molar-refractivity contribution in [1.82, 2.24) is 4.90 Å². The minimum absolute atomic E-state index is 0.0757. The maximum absolute atomic E-state index is 9.55. The zero-order chi connectivity index (χ0) is 17.1. The number of anilines is 1. The predicted molar refractivity (Wildman–Crippen MR) is 94.2 cm³/mol. The van der Waals surface area contributed by atoms with Crippen molar-refractivity contribution in [2.24, 2.45) is 0 Å². The Morgan fingerprint density at radius 1 is 1.08 bits per heavy atom. The van der Waals surface area contributed by atoms with Crippen molar-refractivity contribution in [3.05, 3.63) is 64.7 Å². The average molecular weight is 316 g/mol. The number of hydrogen-bond donors (Lipinski definition) is 0. The third-order valence-electron chi connectivity index (χ3n) is 4.69. The molecule has 0 aromatic heterocycles. The molecule has 2 aromatic carbocycles. The van der Waals surface area contributed by atoms with Gasteiger partial charge in [0.1, 0.15) is 0 Å². The van der Waals surface area contributed by atoms with Crippen molar-refractivity contribution in [2.45, 2.75) is 26.4 Å². The van der Waals surface area contributed by atoms with Crippen LogP contribution in [-0.2, 0) is 6.54 Å². The van der Waals surface area contributed by atoms with Crippen LogP contribution in [0.2, 0.25) is 0 Å². The van der Waals surface area contributed by atoms with Crippen LogP contribution < -0.4 is 4.90 Å². The standard InChI is InChI=1S/C20H20N4/c1-3-23(4-2)18-10-9-17-13-24(14-22)20(19(17)11-18)16-7-5-15(12-21)6-8-16/h5-11,20H,3-4,13H2,1-2H3. The van der Waals surface area contributed by atoms with E-state index in [9.17, 15) is 5.26 Å². The molecule has 0 radical (unpaired) electrons. The Morgan fingerprint density at radius 3 is 2.38 bits per heavy atom. The predicted octanol–water partition coefficient (Wildman–Crippen LogP) is 3.79. The molecule has 2 aromatic rings. The summed E-state index contributed by atoms with van der Waals surface area (Å²) in [7, 11) is 0. The minimum Gasteiger partial charge on any atom is -0.372 e. The van der Waals surface area contributed by atoms with Crippen LogP contribution >= 0.6 is 0 Å². The van der Waals surface area contributed by atoms with E-state index in [0.717, 1.165) is 18.7 Å². The van der Waals surface area contributed by atoms with Crippen molar-refractivity contribution < 1.29 is 0 Å². The monoisotopic (exact) mass is 316 g/mol. The Balaban J connectivity index is 2.05. The summed E-state index contributed by atoms with van der Waals surface area (Å²) in [6, 6.07) is 16.1. The van der Waals surface area contributed by atoms with E-state index in [4.69, 9.17) is 5.26 Å². The molecule has 1 atom stereocenters. The van der Waals surface area contributed by atoms with Gasteiger partial charge in [-0.3, -0.25) is 4.90 Å². The van der Waals surface area contributed by atoms with Gasteiger partial charge < -0.3 is 4.90 Å². The second-order valence-corrected chi connectivity index (χ2v) is 5.92. The van der Waals surface area contributed by atoms with Crippen LogP contribution in [0.4, 0.5) is 5.69 Å². The lowest BCUT2D eigenvalue weighted by atomic mass is 9.96. The molecule has 0 spiro atoms. The number of nitriles is 2. The summed E-state index contributed by atoms with van der Waals surface area (Å²) in [6.45, 7) is 6.85. The Kier molecular flexibility index (Phi) is 4.40. The maximum Gasteiger partial charge on any atom is 0.180 e. The zero-order valence-electron chi connectivity index (χ0n) is 14.0. The van der Waals surface area contributed by atoms with Gasteiger partial charge in [0.15, 0.2) is 6.19 Å². The van der Waals surface area contributed by atoms with Crippen molar-refractivity contribution in [1.29, 1.82) is 10.5 Å². The van der Waals surface area contributed by atoms with Gasteiger partial charge in [-0.25, -0.2) is 0 Å². The molecular formula is C20H20N4. The van der Waals surface area contributed by atoms with E-state index in [1.165, 1.54) is 16.8 Å². The highest BCUT2D eigenvalue weighted by atomic mass is 15.2. The summed E-state index contributed by atoms with van der Waals surface area (Å²) >= 11 is 0. The fourth-order valence-electron chi connectivity index (χ4n) is 3.40. The van der Waals surface area contributed by atoms with Crippen molar-refractivity contribution in [2.75, 3.05) is 18.0 Å².